The molecule has 0 bridgehead atoms. The van der Waals surface area contributed by atoms with E-state index in [1.165, 1.54) is 0 Å². The number of benzene rings is 1. The van der Waals surface area contributed by atoms with Gasteiger partial charge < -0.3 is 9.47 Å². The van der Waals surface area contributed by atoms with Crippen molar-refractivity contribution in [1.82, 2.24) is 9.36 Å². The minimum Gasteiger partial charge on any atom is -0.428 e. The first-order valence-corrected chi connectivity index (χ1v) is 6.57. The molecule has 7 heteroatoms. The Morgan fingerprint density at radius 2 is 2.32 bits per heavy atom. The summed E-state index contributed by atoms with van der Waals surface area (Å²) in [6.07, 6.45) is 0.636. The van der Waals surface area contributed by atoms with Crippen molar-refractivity contribution in [3.63, 3.8) is 0 Å². The Kier molecular flexibility index (Phi) is 4.68. The second-order valence-corrected chi connectivity index (χ2v) is 4.70. The van der Waals surface area contributed by atoms with Crippen LogP contribution in [0.15, 0.2) is 18.2 Å². The zero-order valence-electron chi connectivity index (χ0n) is 10.1. The zero-order valence-corrected chi connectivity index (χ0v) is 11.7. The molecule has 1 heterocycles. The van der Waals surface area contributed by atoms with Gasteiger partial charge in [-0.3, -0.25) is 0 Å². The summed E-state index contributed by atoms with van der Waals surface area (Å²) in [5, 5.41) is 9.53. The molecule has 0 aliphatic rings. The van der Waals surface area contributed by atoms with Crippen molar-refractivity contribution in [2.75, 3.05) is 13.7 Å². The van der Waals surface area contributed by atoms with Gasteiger partial charge in [-0.05, 0) is 18.2 Å². The molecule has 0 aliphatic carbocycles. The Labute approximate surface area is 119 Å². The average Bonchev–Trinajstić information content (AvgIpc) is 2.86. The van der Waals surface area contributed by atoms with E-state index in [-0.39, 0.29) is 0 Å². The third-order valence-electron chi connectivity index (χ3n) is 2.24. The van der Waals surface area contributed by atoms with E-state index >= 15 is 0 Å². The van der Waals surface area contributed by atoms with E-state index in [1.54, 1.807) is 25.3 Å². The summed E-state index contributed by atoms with van der Waals surface area (Å²) in [4.78, 5) is 4.21. The van der Waals surface area contributed by atoms with E-state index in [0.29, 0.717) is 40.4 Å². The quantitative estimate of drug-likeness (QED) is 0.848. The van der Waals surface area contributed by atoms with Crippen LogP contribution in [0.4, 0.5) is 0 Å². The van der Waals surface area contributed by atoms with Crippen molar-refractivity contribution in [3.8, 4) is 17.0 Å². The molecule has 0 unspecified atom stereocenters. The highest BCUT2D eigenvalue weighted by molar-refractivity contribution is 7.07. The molecule has 0 saturated carbocycles. The molecule has 0 saturated heterocycles. The smallest absolute Gasteiger partial charge is 0.298 e. The number of ether oxygens (including phenoxy) is 2. The van der Waals surface area contributed by atoms with Crippen molar-refractivity contribution in [3.05, 3.63) is 34.6 Å². The molecule has 2 aromatic rings. The van der Waals surface area contributed by atoms with Crippen LogP contribution < -0.4 is 4.74 Å². The van der Waals surface area contributed by atoms with Crippen molar-refractivity contribution in [2.45, 2.75) is 6.42 Å². The second-order valence-electron chi connectivity index (χ2n) is 3.58. The topological polar surface area (TPSA) is 68.0 Å². The summed E-state index contributed by atoms with van der Waals surface area (Å²) in [5.74, 6) is 1.13. The maximum absolute atomic E-state index is 8.75. The maximum Gasteiger partial charge on any atom is 0.298 e. The molecular formula is C12H10ClN3O2S. The number of rotatable bonds is 5. The molecular weight excluding hydrogens is 286 g/mol. The summed E-state index contributed by atoms with van der Waals surface area (Å²) in [5.41, 5.74) is 0.482. The largest absolute Gasteiger partial charge is 0.428 e. The van der Waals surface area contributed by atoms with Crippen LogP contribution in [0.3, 0.4) is 0 Å². The monoisotopic (exact) mass is 295 g/mol. The summed E-state index contributed by atoms with van der Waals surface area (Å²) < 4.78 is 14.6. The van der Waals surface area contributed by atoms with Gasteiger partial charge in [0.1, 0.15) is 11.6 Å². The van der Waals surface area contributed by atoms with E-state index < -0.39 is 0 Å². The van der Waals surface area contributed by atoms with Crippen LogP contribution in [0.2, 0.25) is 5.02 Å². The van der Waals surface area contributed by atoms with E-state index in [9.17, 15) is 0 Å². The molecule has 0 radical (unpaired) electrons. The van der Waals surface area contributed by atoms with E-state index in [0.717, 1.165) is 11.5 Å². The predicted molar refractivity (Wildman–Crippen MR) is 71.7 cm³/mol. The summed E-state index contributed by atoms with van der Waals surface area (Å²) in [6, 6.07) is 6.82. The number of hydrogen-bond donors (Lipinski definition) is 0. The fourth-order valence-corrected chi connectivity index (χ4v) is 2.13. The Balaban J connectivity index is 2.09. The lowest BCUT2D eigenvalue weighted by atomic mass is 10.2. The number of nitrogens with zero attached hydrogens (tertiary/aromatic N) is 3. The average molecular weight is 296 g/mol. The fraction of sp³-hybridized carbons (Fsp3) is 0.250. The van der Waals surface area contributed by atoms with Crippen LogP contribution in [0.5, 0.6) is 10.9 Å². The normalized spacial score (nSPS) is 10.2. The molecule has 2 rings (SSSR count). The molecule has 0 atom stereocenters. The van der Waals surface area contributed by atoms with Crippen molar-refractivity contribution in [1.29, 1.82) is 5.26 Å². The van der Waals surface area contributed by atoms with Crippen molar-refractivity contribution < 1.29 is 9.47 Å². The Morgan fingerprint density at radius 1 is 1.47 bits per heavy atom. The van der Waals surface area contributed by atoms with Gasteiger partial charge in [0.2, 0.25) is 0 Å². The van der Waals surface area contributed by atoms with Gasteiger partial charge in [0.05, 0.1) is 23.3 Å². The van der Waals surface area contributed by atoms with Gasteiger partial charge >= 0.3 is 0 Å². The van der Waals surface area contributed by atoms with Crippen LogP contribution in [0.1, 0.15) is 11.4 Å². The van der Waals surface area contributed by atoms with E-state index in [1.807, 2.05) is 6.07 Å². The number of hydrogen-bond acceptors (Lipinski definition) is 6. The van der Waals surface area contributed by atoms with Gasteiger partial charge in [0.15, 0.2) is 0 Å². The van der Waals surface area contributed by atoms with Gasteiger partial charge in [-0.15, -0.1) is 0 Å². The fourth-order valence-electron chi connectivity index (χ4n) is 1.32. The third kappa shape index (κ3) is 3.64. The SMILES string of the molecule is COCCc1nsc(Oc2ccc(C#N)cc2Cl)n1. The highest BCUT2D eigenvalue weighted by Gasteiger charge is 2.09. The zero-order chi connectivity index (χ0) is 13.7. The molecule has 98 valence electrons. The number of aromatic nitrogens is 2. The maximum atomic E-state index is 8.75. The van der Waals surface area contributed by atoms with E-state index in [4.69, 9.17) is 26.3 Å². The Morgan fingerprint density at radius 3 is 3.00 bits per heavy atom. The van der Waals surface area contributed by atoms with Gasteiger partial charge in [0, 0.05) is 25.1 Å². The molecule has 1 aromatic heterocycles. The van der Waals surface area contributed by atoms with Crippen molar-refractivity contribution >= 4 is 23.1 Å². The van der Waals surface area contributed by atoms with Gasteiger partial charge in [-0.25, -0.2) is 0 Å². The molecule has 19 heavy (non-hydrogen) atoms. The predicted octanol–water partition coefficient (Wildman–Crippen LogP) is 3.04. The minimum absolute atomic E-state index is 0.368. The lowest BCUT2D eigenvalue weighted by molar-refractivity contribution is 0.200. The Bertz CT molecular complexity index is 609. The lowest BCUT2D eigenvalue weighted by Crippen LogP contribution is -1.96. The number of halogens is 1. The van der Waals surface area contributed by atoms with Crippen LogP contribution in [0, 0.1) is 11.3 Å². The van der Waals surface area contributed by atoms with Gasteiger partial charge in [0.25, 0.3) is 5.19 Å². The van der Waals surface area contributed by atoms with Crippen molar-refractivity contribution in [2.24, 2.45) is 0 Å². The first-order chi connectivity index (χ1) is 9.22. The second kappa shape index (κ2) is 6.48. The van der Waals surface area contributed by atoms with E-state index in [2.05, 4.69) is 9.36 Å². The first kappa shape index (κ1) is 13.7. The molecule has 0 aliphatic heterocycles. The van der Waals surface area contributed by atoms with Crippen LogP contribution >= 0.6 is 23.1 Å². The molecule has 0 fully saturated rings. The molecule has 0 amide bonds. The minimum atomic E-state index is 0.368. The summed E-state index contributed by atoms with van der Waals surface area (Å²) in [6.45, 7) is 0.563. The number of methoxy groups -OCH3 is 1. The molecule has 0 spiro atoms. The summed E-state index contributed by atoms with van der Waals surface area (Å²) >= 11 is 7.16. The van der Waals surface area contributed by atoms with Crippen LogP contribution in [-0.2, 0) is 11.2 Å². The lowest BCUT2D eigenvalue weighted by Gasteiger charge is -2.03. The number of nitriles is 1. The standard InChI is InChI=1S/C12H10ClN3O2S/c1-17-5-4-11-15-12(19-16-11)18-10-3-2-8(7-14)6-9(10)13/h2-3,6H,4-5H2,1H3. The van der Waals surface area contributed by atoms with Gasteiger partial charge in [-0.1, -0.05) is 11.6 Å². The van der Waals surface area contributed by atoms with Crippen LogP contribution in [0.25, 0.3) is 0 Å². The molecule has 5 nitrogen and oxygen atoms in total. The highest BCUT2D eigenvalue weighted by atomic mass is 35.5. The molecule has 0 N–H and O–H groups in total. The first-order valence-electron chi connectivity index (χ1n) is 5.42. The summed E-state index contributed by atoms with van der Waals surface area (Å²) in [7, 11) is 1.63. The Hall–Kier alpha value is -1.68. The third-order valence-corrected chi connectivity index (χ3v) is 3.17. The van der Waals surface area contributed by atoms with Gasteiger partial charge in [-0.2, -0.15) is 14.6 Å². The van der Waals surface area contributed by atoms with Crippen LogP contribution in [-0.4, -0.2) is 23.1 Å². The highest BCUT2D eigenvalue weighted by Crippen LogP contribution is 2.30. The molecule has 1 aromatic carbocycles.